The van der Waals surface area contributed by atoms with Crippen molar-refractivity contribution in [3.8, 4) is 0 Å². The summed E-state index contributed by atoms with van der Waals surface area (Å²) >= 11 is 0. The molecule has 4 N–H and O–H groups in total. The van der Waals surface area contributed by atoms with Crippen molar-refractivity contribution >= 4 is 115 Å². The molecule has 0 spiro atoms. The van der Waals surface area contributed by atoms with Crippen LogP contribution in [-0.4, -0.2) is 135 Å². The average Bonchev–Trinajstić information content (AvgIpc) is 0.722. The van der Waals surface area contributed by atoms with E-state index in [4.69, 9.17) is 19.2 Å². The zero-order valence-corrected chi connectivity index (χ0v) is 24.9. The Balaban J connectivity index is -0.000000000879. The standard InChI is InChI=1S/Ca.La.Mg.Mn.Na.H4O4Si.Sr.Zn.7H/c;;;;;1-5(2,3)4;;;;;;;;;/h;;;;;1-4H;;;;;;;;;/q+2;;+2;;+1;;+2;;7*-1. The van der Waals surface area contributed by atoms with E-state index in [0.29, 0.717) is 0 Å². The van der Waals surface area contributed by atoms with Gasteiger partial charge in [0.25, 0.3) is 0 Å². The van der Waals surface area contributed by atoms with E-state index in [2.05, 4.69) is 0 Å². The molecule has 0 saturated carbocycles. The fourth-order valence-electron chi connectivity index (χ4n) is 0. The molecule has 0 aliphatic heterocycles. The Morgan fingerprint density at radius 3 is 1.00 bits per heavy atom. The Labute approximate surface area is 240 Å². The molecule has 0 bridgehead atoms. The van der Waals surface area contributed by atoms with Crippen LogP contribution in [0.25, 0.3) is 0 Å². The molecule has 0 fully saturated rings. The molecule has 4 nitrogen and oxygen atoms in total. The van der Waals surface area contributed by atoms with Crippen LogP contribution in [0, 0.1) is 35.6 Å². The summed E-state index contributed by atoms with van der Waals surface area (Å²) in [4.78, 5) is 29.3. The summed E-state index contributed by atoms with van der Waals surface area (Å²) in [5.41, 5.74) is 0. The maximum atomic E-state index is 7.33. The molecule has 0 aromatic rings. The van der Waals surface area contributed by atoms with Crippen LogP contribution in [0.5, 0.6) is 0 Å². The predicted molar refractivity (Wildman–Crippen MR) is 39.7 cm³/mol. The zero-order chi connectivity index (χ0) is 4.50. The molecule has 0 heterocycles. The van der Waals surface area contributed by atoms with Crippen molar-refractivity contribution in [2.75, 3.05) is 0 Å². The Morgan fingerprint density at radius 1 is 1.00 bits per heavy atom. The van der Waals surface area contributed by atoms with E-state index >= 15 is 0 Å². The maximum absolute atomic E-state index is 7.33. The van der Waals surface area contributed by atoms with Crippen LogP contribution in [0.2, 0.25) is 0 Å². The third-order valence-electron chi connectivity index (χ3n) is 0. The van der Waals surface area contributed by atoms with Crippen molar-refractivity contribution in [3.05, 3.63) is 0 Å². The molecule has 0 amide bonds. The monoisotopic (exact) mass is 536 g/mol. The summed E-state index contributed by atoms with van der Waals surface area (Å²) in [7, 11) is -4.61. The maximum Gasteiger partial charge on any atom is 2.00 e. The van der Waals surface area contributed by atoms with Gasteiger partial charge in [0, 0.05) is 72.1 Å². The summed E-state index contributed by atoms with van der Waals surface area (Å²) in [6, 6.07) is 0. The Kier molecular flexibility index (Phi) is 130. The number of hydrogen-bond donors (Lipinski definition) is 4. The van der Waals surface area contributed by atoms with Crippen molar-refractivity contribution < 1.29 is 131 Å². The molecule has 12 heavy (non-hydrogen) atoms. The van der Waals surface area contributed by atoms with Crippen LogP contribution in [0.4, 0.5) is 0 Å². The second kappa shape index (κ2) is 30.7. The van der Waals surface area contributed by atoms with Crippen LogP contribution < -0.4 is 29.6 Å². The van der Waals surface area contributed by atoms with Gasteiger partial charge in [0.15, 0.2) is 0 Å². The fourth-order valence-corrected chi connectivity index (χ4v) is 0. The van der Waals surface area contributed by atoms with Gasteiger partial charge < -0.3 is 29.2 Å². The third-order valence-corrected chi connectivity index (χ3v) is 0. The minimum absolute atomic E-state index is 0. The third kappa shape index (κ3) is 89.7. The van der Waals surface area contributed by atoms with E-state index in [9.17, 15) is 0 Å². The zero-order valence-electron chi connectivity index (χ0n) is 14.1. The topological polar surface area (TPSA) is 80.9 Å². The van der Waals surface area contributed by atoms with Gasteiger partial charge in [0.1, 0.15) is 0 Å². The Hall–Kier alpha value is 6.90. The number of hydrogen-bond acceptors (Lipinski definition) is 4. The van der Waals surface area contributed by atoms with E-state index in [1.165, 1.54) is 0 Å². The van der Waals surface area contributed by atoms with Gasteiger partial charge in [-0.1, -0.05) is 0 Å². The van der Waals surface area contributed by atoms with Gasteiger partial charge in [-0.25, -0.2) is 0 Å². The van der Waals surface area contributed by atoms with E-state index in [-0.39, 0.29) is 218 Å². The van der Waals surface area contributed by atoms with Gasteiger partial charge in [-0.2, -0.15) is 0 Å². The number of rotatable bonds is 0. The predicted octanol–water partition coefficient (Wildman–Crippen LogP) is -5.96. The quantitative estimate of drug-likeness (QED) is 0.232. The first kappa shape index (κ1) is 51.0. The molecular weight excluding hydrogens is 526 g/mol. The van der Waals surface area contributed by atoms with Crippen LogP contribution in [0.1, 0.15) is 9.99 Å². The molecule has 0 unspecified atom stereocenters. The first-order chi connectivity index (χ1) is 2.00. The molecule has 0 aromatic heterocycles. The largest absolute Gasteiger partial charge is 2.00 e. The second-order valence-corrected chi connectivity index (χ2v) is 1.80. The summed E-state index contributed by atoms with van der Waals surface area (Å²) in [5, 5.41) is 0. The fraction of sp³-hybridized carbons (Fsp3) is 0. The molecule has 2 radical (unpaired) electrons. The Bertz CT molecular complexity index is 68.6. The molecule has 0 atom stereocenters. The van der Waals surface area contributed by atoms with Gasteiger partial charge in [0.05, 0.1) is 0 Å². The SMILES string of the molecule is O[Si](O)(O)O.[Ca+2].[H-].[H-].[H-].[H-].[H-].[H-].[H-].[La].[Mg+2].[Mn].[Na+].[Sr+2].[Zn]. The van der Waals surface area contributed by atoms with Crippen molar-refractivity contribution in [1.82, 2.24) is 0 Å². The molecule has 12 heteroatoms. The van der Waals surface area contributed by atoms with Gasteiger partial charge in [-0.05, 0) is 0 Å². The van der Waals surface area contributed by atoms with E-state index in [0.717, 1.165) is 0 Å². The Morgan fingerprint density at radius 2 is 1.00 bits per heavy atom. The normalized spacial score (nSPS) is 5.00. The van der Waals surface area contributed by atoms with Crippen molar-refractivity contribution in [3.63, 3.8) is 0 Å². The van der Waals surface area contributed by atoms with Gasteiger partial charge >= 0.3 is 145 Å². The van der Waals surface area contributed by atoms with E-state index in [1.54, 1.807) is 0 Å². The molecule has 0 aliphatic rings. The van der Waals surface area contributed by atoms with Crippen LogP contribution in [0.3, 0.4) is 0 Å². The molecule has 0 aliphatic carbocycles. The van der Waals surface area contributed by atoms with E-state index in [1.807, 2.05) is 0 Å². The van der Waals surface area contributed by atoms with Gasteiger partial charge in [0.2, 0.25) is 0 Å². The summed E-state index contributed by atoms with van der Waals surface area (Å²) in [6.07, 6.45) is 0. The van der Waals surface area contributed by atoms with Crippen LogP contribution in [-0.2, 0) is 36.5 Å². The van der Waals surface area contributed by atoms with Crippen LogP contribution in [0.15, 0.2) is 0 Å². The summed E-state index contributed by atoms with van der Waals surface area (Å²) in [5.74, 6) is 0. The van der Waals surface area contributed by atoms with Crippen molar-refractivity contribution in [2.45, 2.75) is 0 Å². The van der Waals surface area contributed by atoms with Crippen molar-refractivity contribution in [2.24, 2.45) is 0 Å². The molecule has 58 valence electrons. The molecular formula is H11CaLaMgMnNaO4SiSrZn. The van der Waals surface area contributed by atoms with Crippen molar-refractivity contribution in [1.29, 1.82) is 0 Å². The minimum Gasteiger partial charge on any atom is -1.00 e. The van der Waals surface area contributed by atoms with E-state index < -0.39 is 9.05 Å². The van der Waals surface area contributed by atoms with Gasteiger partial charge in [-0.3, -0.25) is 0 Å². The first-order valence-corrected chi connectivity index (χ1v) is 2.68. The molecule has 0 saturated heterocycles. The minimum atomic E-state index is -4.61. The summed E-state index contributed by atoms with van der Waals surface area (Å²) in [6.45, 7) is 0. The smallest absolute Gasteiger partial charge is 1.00 e. The molecule has 0 rings (SSSR count). The average molecular weight is 537 g/mol. The van der Waals surface area contributed by atoms with Crippen LogP contribution >= 0.6 is 0 Å². The second-order valence-electron chi connectivity index (χ2n) is 0.600. The first-order valence-electron chi connectivity index (χ1n) is 0.894. The van der Waals surface area contributed by atoms with Gasteiger partial charge in [-0.15, -0.1) is 0 Å². The molecule has 0 aromatic carbocycles. The summed E-state index contributed by atoms with van der Waals surface area (Å²) < 4.78 is 0.